The maximum Gasteiger partial charge on any atom is 0.280 e. The van der Waals surface area contributed by atoms with E-state index in [9.17, 15) is 18.0 Å². The average Bonchev–Trinajstić information content (AvgIpc) is 2.76. The summed E-state index contributed by atoms with van der Waals surface area (Å²) >= 11 is 0. The summed E-state index contributed by atoms with van der Waals surface area (Å²) in [6.45, 7) is 5.44. The summed E-state index contributed by atoms with van der Waals surface area (Å²) in [6, 6.07) is 9.68. The van der Waals surface area contributed by atoms with E-state index >= 15 is 0 Å². The normalized spacial score (nSPS) is 11.0. The molecule has 3 aromatic rings. The molecule has 0 unspecified atom stereocenters. The largest absolute Gasteiger partial charge is 0.481 e. The molecule has 0 saturated heterocycles. The average molecular weight is 444 g/mol. The first-order valence-corrected chi connectivity index (χ1v) is 9.88. The monoisotopic (exact) mass is 444 g/mol. The molecule has 0 bridgehead atoms. The third-order valence-electron chi connectivity index (χ3n) is 4.79. The molecule has 0 atom stereocenters. The third-order valence-corrected chi connectivity index (χ3v) is 4.79. The number of nitrogens with one attached hydrogen (secondary N) is 2. The zero-order valence-corrected chi connectivity index (χ0v) is 18.0. The number of hydrogen-bond donors (Lipinski definition) is 2. The number of nitrogens with zero attached hydrogens (tertiary/aromatic N) is 2. The number of benzene rings is 1. The van der Waals surface area contributed by atoms with Gasteiger partial charge in [0.05, 0.1) is 24.1 Å². The van der Waals surface area contributed by atoms with Crippen LogP contribution in [0, 0.1) is 12.7 Å². The molecule has 0 fully saturated rings. The van der Waals surface area contributed by atoms with E-state index in [1.165, 1.54) is 31.4 Å². The SMILES string of the molecule is COc1ccc(NC(=O)c2ccc(C(F)F)nc2Nc2ccc(F)cc2C(C)C)c(C)n1. The number of aromatic nitrogens is 2. The molecule has 0 aliphatic heterocycles. The number of anilines is 3. The standard InChI is InChI=1S/C23H23F3N4O2/c1-12(2)16-11-14(24)5-7-18(16)28-22-15(6-8-19(29-22)21(25)26)23(31)30-17-9-10-20(32-4)27-13(17)3/h5-12,21H,1-4H3,(H,28,29)(H,30,31). The van der Waals surface area contributed by atoms with E-state index in [0.29, 0.717) is 28.5 Å². The summed E-state index contributed by atoms with van der Waals surface area (Å²) in [5.74, 6) is -0.717. The Labute approximate surface area is 183 Å². The van der Waals surface area contributed by atoms with Gasteiger partial charge in [0.1, 0.15) is 17.3 Å². The number of carbonyl (C=O) groups excluding carboxylic acids is 1. The minimum absolute atomic E-state index is 0.0450. The lowest BCUT2D eigenvalue weighted by Crippen LogP contribution is -2.17. The second-order valence-corrected chi connectivity index (χ2v) is 7.38. The highest BCUT2D eigenvalue weighted by molar-refractivity contribution is 6.08. The van der Waals surface area contributed by atoms with Crippen LogP contribution in [0.15, 0.2) is 42.5 Å². The molecule has 0 aliphatic rings. The van der Waals surface area contributed by atoms with Crippen LogP contribution in [0.1, 0.15) is 53.5 Å². The van der Waals surface area contributed by atoms with Gasteiger partial charge in [-0.2, -0.15) is 0 Å². The van der Waals surface area contributed by atoms with Crippen LogP contribution in [0.4, 0.5) is 30.4 Å². The number of amides is 1. The minimum atomic E-state index is -2.82. The van der Waals surface area contributed by atoms with E-state index in [2.05, 4.69) is 20.6 Å². The van der Waals surface area contributed by atoms with Crippen molar-refractivity contribution in [3.63, 3.8) is 0 Å². The van der Waals surface area contributed by atoms with Gasteiger partial charge in [-0.1, -0.05) is 13.8 Å². The summed E-state index contributed by atoms with van der Waals surface area (Å²) in [5.41, 5.74) is 1.60. The van der Waals surface area contributed by atoms with Gasteiger partial charge < -0.3 is 15.4 Å². The van der Waals surface area contributed by atoms with Crippen molar-refractivity contribution >= 4 is 23.1 Å². The molecule has 168 valence electrons. The molecule has 2 N–H and O–H groups in total. The van der Waals surface area contributed by atoms with Gasteiger partial charge in [0.25, 0.3) is 12.3 Å². The maximum atomic E-state index is 13.7. The van der Waals surface area contributed by atoms with Gasteiger partial charge in [-0.05, 0) is 54.8 Å². The third kappa shape index (κ3) is 5.16. The van der Waals surface area contributed by atoms with Crippen LogP contribution in [0.5, 0.6) is 5.88 Å². The predicted molar refractivity (Wildman–Crippen MR) is 116 cm³/mol. The fourth-order valence-electron chi connectivity index (χ4n) is 3.10. The van der Waals surface area contributed by atoms with Crippen molar-refractivity contribution in [2.75, 3.05) is 17.7 Å². The van der Waals surface area contributed by atoms with E-state index in [-0.39, 0.29) is 17.3 Å². The summed E-state index contributed by atoms with van der Waals surface area (Å²) in [7, 11) is 1.48. The van der Waals surface area contributed by atoms with E-state index < -0.39 is 23.8 Å². The quantitative estimate of drug-likeness (QED) is 0.468. The molecule has 0 saturated carbocycles. The molecule has 0 radical (unpaired) electrons. The van der Waals surface area contributed by atoms with Crippen molar-refractivity contribution in [2.45, 2.75) is 33.1 Å². The molecule has 0 aliphatic carbocycles. The Morgan fingerprint density at radius 1 is 1.03 bits per heavy atom. The Morgan fingerprint density at radius 2 is 1.75 bits per heavy atom. The van der Waals surface area contributed by atoms with E-state index in [0.717, 1.165) is 6.07 Å². The molecule has 2 heterocycles. The van der Waals surface area contributed by atoms with E-state index in [1.54, 1.807) is 19.1 Å². The summed E-state index contributed by atoms with van der Waals surface area (Å²) in [5, 5.41) is 5.65. The Kier molecular flexibility index (Phi) is 6.97. The molecule has 9 heteroatoms. The number of hydrogen-bond acceptors (Lipinski definition) is 5. The van der Waals surface area contributed by atoms with Gasteiger partial charge in [0.15, 0.2) is 0 Å². The lowest BCUT2D eigenvalue weighted by molar-refractivity contribution is 0.102. The molecule has 3 rings (SSSR count). The van der Waals surface area contributed by atoms with Crippen LogP contribution < -0.4 is 15.4 Å². The second-order valence-electron chi connectivity index (χ2n) is 7.38. The van der Waals surface area contributed by atoms with Crippen LogP contribution in [0.2, 0.25) is 0 Å². The Morgan fingerprint density at radius 3 is 2.38 bits per heavy atom. The maximum absolute atomic E-state index is 13.7. The summed E-state index contributed by atoms with van der Waals surface area (Å²) in [4.78, 5) is 21.1. The van der Waals surface area contributed by atoms with Crippen LogP contribution in [-0.2, 0) is 0 Å². The summed E-state index contributed by atoms with van der Waals surface area (Å²) in [6.07, 6.45) is -2.82. The highest BCUT2D eigenvalue weighted by atomic mass is 19.3. The first kappa shape index (κ1) is 23.1. The van der Waals surface area contributed by atoms with Crippen molar-refractivity contribution < 1.29 is 22.7 Å². The number of pyridine rings is 2. The molecule has 6 nitrogen and oxygen atoms in total. The van der Waals surface area contributed by atoms with Crippen LogP contribution in [-0.4, -0.2) is 23.0 Å². The number of ether oxygens (including phenoxy) is 1. The lowest BCUT2D eigenvalue weighted by Gasteiger charge is -2.17. The predicted octanol–water partition coefficient (Wildman–Crippen LogP) is 5.99. The van der Waals surface area contributed by atoms with Crippen LogP contribution in [0.25, 0.3) is 0 Å². The van der Waals surface area contributed by atoms with Gasteiger partial charge >= 0.3 is 0 Å². The lowest BCUT2D eigenvalue weighted by atomic mass is 10.0. The van der Waals surface area contributed by atoms with Crippen molar-refractivity contribution in [2.24, 2.45) is 0 Å². The molecule has 0 spiro atoms. The number of halogens is 3. The Hall–Kier alpha value is -3.62. The summed E-state index contributed by atoms with van der Waals surface area (Å²) < 4.78 is 45.4. The van der Waals surface area contributed by atoms with Gasteiger partial charge in [-0.3, -0.25) is 4.79 Å². The van der Waals surface area contributed by atoms with Crippen LogP contribution >= 0.6 is 0 Å². The van der Waals surface area contributed by atoms with Crippen molar-refractivity contribution in [1.82, 2.24) is 9.97 Å². The smallest absolute Gasteiger partial charge is 0.280 e. The van der Waals surface area contributed by atoms with Crippen LogP contribution in [0.3, 0.4) is 0 Å². The van der Waals surface area contributed by atoms with Crippen molar-refractivity contribution in [3.05, 3.63) is 70.8 Å². The van der Waals surface area contributed by atoms with Gasteiger partial charge in [-0.25, -0.2) is 23.1 Å². The molecule has 1 amide bonds. The number of rotatable bonds is 7. The highest BCUT2D eigenvalue weighted by Gasteiger charge is 2.20. The van der Waals surface area contributed by atoms with Gasteiger partial charge in [-0.15, -0.1) is 0 Å². The number of alkyl halides is 2. The molecule has 32 heavy (non-hydrogen) atoms. The minimum Gasteiger partial charge on any atom is -0.481 e. The number of aryl methyl sites for hydroxylation is 1. The first-order chi connectivity index (χ1) is 15.2. The molecule has 2 aromatic heterocycles. The molecule has 1 aromatic carbocycles. The zero-order valence-electron chi connectivity index (χ0n) is 18.0. The Balaban J connectivity index is 1.99. The molecular formula is C23H23F3N4O2. The van der Waals surface area contributed by atoms with Crippen molar-refractivity contribution in [1.29, 1.82) is 0 Å². The number of methoxy groups -OCH3 is 1. The zero-order chi connectivity index (χ0) is 23.4. The van der Waals surface area contributed by atoms with Gasteiger partial charge in [0.2, 0.25) is 5.88 Å². The Bertz CT molecular complexity index is 1140. The van der Waals surface area contributed by atoms with Crippen molar-refractivity contribution in [3.8, 4) is 5.88 Å². The first-order valence-electron chi connectivity index (χ1n) is 9.88. The molecular weight excluding hydrogens is 421 g/mol. The van der Waals surface area contributed by atoms with E-state index in [4.69, 9.17) is 4.74 Å². The fourth-order valence-corrected chi connectivity index (χ4v) is 3.10. The highest BCUT2D eigenvalue weighted by Crippen LogP contribution is 2.30. The fraction of sp³-hybridized carbons (Fsp3) is 0.261. The topological polar surface area (TPSA) is 76.1 Å². The number of carbonyl (C=O) groups is 1. The van der Waals surface area contributed by atoms with Gasteiger partial charge in [0, 0.05) is 11.8 Å². The van der Waals surface area contributed by atoms with E-state index in [1.807, 2.05) is 13.8 Å². The second kappa shape index (κ2) is 9.67.